The van der Waals surface area contributed by atoms with Gasteiger partial charge in [0, 0.05) is 30.1 Å². The molecule has 2 aromatic carbocycles. The molecule has 7 rings (SSSR count). The number of rotatable bonds is 6. The van der Waals surface area contributed by atoms with Crippen molar-refractivity contribution < 1.29 is 54.3 Å². The summed E-state index contributed by atoms with van der Waals surface area (Å²) >= 11 is 0. The molecule has 2 saturated carbocycles. The van der Waals surface area contributed by atoms with Gasteiger partial charge in [0.25, 0.3) is 5.91 Å². The highest BCUT2D eigenvalue weighted by Gasteiger charge is 2.63. The van der Waals surface area contributed by atoms with Crippen molar-refractivity contribution in [2.75, 3.05) is 11.9 Å². The molecule has 0 bridgehead atoms. The van der Waals surface area contributed by atoms with Gasteiger partial charge in [0.1, 0.15) is 35.4 Å². The van der Waals surface area contributed by atoms with Crippen LogP contribution in [0.15, 0.2) is 48.6 Å². The summed E-state index contributed by atoms with van der Waals surface area (Å²) in [5.41, 5.74) is -2.32. The minimum absolute atomic E-state index is 0.0649. The number of nitrogens with one attached hydrogen (secondary N) is 3. The lowest BCUT2D eigenvalue weighted by atomic mass is 10.0. The third kappa shape index (κ3) is 7.80. The van der Waals surface area contributed by atoms with E-state index in [0.717, 1.165) is 11.0 Å². The molecule has 2 aromatic rings. The van der Waals surface area contributed by atoms with E-state index in [1.165, 1.54) is 24.0 Å². The van der Waals surface area contributed by atoms with Crippen LogP contribution < -0.4 is 15.4 Å². The highest BCUT2D eigenvalue weighted by atomic mass is 32.2. The van der Waals surface area contributed by atoms with Crippen LogP contribution in [0.5, 0.6) is 0 Å². The van der Waals surface area contributed by atoms with Gasteiger partial charge in [0.15, 0.2) is 0 Å². The Balaban J connectivity index is 1.16. The second kappa shape index (κ2) is 14.6. The van der Waals surface area contributed by atoms with Crippen LogP contribution in [0.25, 0.3) is 0 Å². The molecule has 4 amide bonds. The number of allylic oxidation sites excluding steroid dienone is 1. The Labute approximate surface area is 320 Å². The Morgan fingerprint density at radius 1 is 1.02 bits per heavy atom. The van der Waals surface area contributed by atoms with Gasteiger partial charge in [0.05, 0.1) is 23.4 Å². The summed E-state index contributed by atoms with van der Waals surface area (Å²) in [5.74, 6) is -5.01. The fourth-order valence-corrected chi connectivity index (χ4v) is 9.02. The number of anilines is 1. The fraction of sp³-hybridized carbons (Fsp3) is 0.526. The highest BCUT2D eigenvalue weighted by Crippen LogP contribution is 2.47. The van der Waals surface area contributed by atoms with Crippen LogP contribution in [0, 0.1) is 17.6 Å². The number of halogens is 5. The predicted molar refractivity (Wildman–Crippen MR) is 191 cm³/mol. The van der Waals surface area contributed by atoms with Gasteiger partial charge in [-0.1, -0.05) is 37.1 Å². The highest BCUT2D eigenvalue weighted by molar-refractivity contribution is 7.91. The zero-order chi connectivity index (χ0) is 40.2. The van der Waals surface area contributed by atoms with Gasteiger partial charge in [0.2, 0.25) is 21.8 Å². The molecule has 18 heteroatoms. The summed E-state index contributed by atoms with van der Waals surface area (Å²) < 4.78 is 102. The van der Waals surface area contributed by atoms with Crippen molar-refractivity contribution in [3.63, 3.8) is 0 Å². The molecule has 3 N–H and O–H groups in total. The molecule has 3 aliphatic heterocycles. The number of fused-ring (bicyclic) bond motifs is 3. The molecule has 2 aliphatic carbocycles. The minimum atomic E-state index is -4.94. The van der Waals surface area contributed by atoms with Gasteiger partial charge < -0.3 is 20.3 Å². The molecule has 5 aliphatic rings. The quantitative estimate of drug-likeness (QED) is 0.264. The van der Waals surface area contributed by atoms with Crippen molar-refractivity contribution in [3.05, 3.63) is 76.9 Å². The van der Waals surface area contributed by atoms with Gasteiger partial charge >= 0.3 is 12.3 Å². The normalized spacial score (nSPS) is 28.1. The standard InChI is InChI=1S/C38H42F5N5O7S/c1-36(14-15-36)56(53,54)46-34(51)37-18-23(37)9-5-3-2-4-6-11-30(44-24-12-13-27(29(40)16-24)38(41,42)43)33(50)48-20-25(17-31(48)32(49)45-37)55-35(52)47-19-22-8-7-10-28(39)26(22)21-47/h5,7-10,12-13,16,23,25,30-31,44H,2-4,6,11,14-15,17-21H2,1H3,(H,45,49)(H,46,51)/b9-5-/t23-,25-,30+,31+,37-/m1/s1. The van der Waals surface area contributed by atoms with Crippen molar-refractivity contribution in [2.45, 2.75) is 112 Å². The first-order chi connectivity index (χ1) is 26.4. The summed E-state index contributed by atoms with van der Waals surface area (Å²) in [4.78, 5) is 58.3. The number of ether oxygens (including phenoxy) is 1. The second-order valence-corrected chi connectivity index (χ2v) is 17.8. The van der Waals surface area contributed by atoms with E-state index in [1.54, 1.807) is 12.1 Å². The molecule has 0 aromatic heterocycles. The van der Waals surface area contributed by atoms with E-state index in [9.17, 15) is 49.5 Å². The lowest BCUT2D eigenvalue weighted by Crippen LogP contribution is -2.58. The lowest BCUT2D eigenvalue weighted by molar-refractivity contribution is -0.140. The number of hydrogen-bond acceptors (Lipinski definition) is 8. The number of amides is 4. The first kappa shape index (κ1) is 39.5. The number of carbonyl (C=O) groups is 4. The summed E-state index contributed by atoms with van der Waals surface area (Å²) in [6, 6.07) is 4.16. The number of nitrogens with zero attached hydrogens (tertiary/aromatic N) is 2. The van der Waals surface area contributed by atoms with E-state index >= 15 is 0 Å². The molecular weight excluding hydrogens is 766 g/mol. The predicted octanol–water partition coefficient (Wildman–Crippen LogP) is 5.28. The van der Waals surface area contributed by atoms with Gasteiger partial charge in [-0.25, -0.2) is 22.0 Å². The van der Waals surface area contributed by atoms with Crippen molar-refractivity contribution in [3.8, 4) is 0 Å². The zero-order valence-electron chi connectivity index (χ0n) is 30.5. The summed E-state index contributed by atoms with van der Waals surface area (Å²) in [7, 11) is -4.08. The van der Waals surface area contributed by atoms with Crippen LogP contribution in [0.2, 0.25) is 0 Å². The van der Waals surface area contributed by atoms with Crippen LogP contribution in [-0.4, -0.2) is 77.1 Å². The average Bonchev–Trinajstić information content (AvgIpc) is 3.92. The SMILES string of the molecule is CC1(S(=O)(=O)NC(=O)[C@@]23C[C@H]2/C=C\CCCCC[C@H](Nc2ccc(C(F)(F)F)c(F)c2)C(=O)N2C[C@H](OC(=O)N4Cc5cccc(F)c5C4)C[C@H]2C(=O)N3)CC1. The first-order valence-electron chi connectivity index (χ1n) is 18.6. The van der Waals surface area contributed by atoms with Crippen LogP contribution in [0.3, 0.4) is 0 Å². The average molecular weight is 808 g/mol. The molecule has 1 saturated heterocycles. The van der Waals surface area contributed by atoms with Crippen molar-refractivity contribution in [1.82, 2.24) is 19.8 Å². The van der Waals surface area contributed by atoms with Gasteiger partial charge in [-0.05, 0) is 75.3 Å². The Morgan fingerprint density at radius 2 is 1.79 bits per heavy atom. The minimum Gasteiger partial charge on any atom is -0.444 e. The fourth-order valence-electron chi connectivity index (χ4n) is 7.71. The van der Waals surface area contributed by atoms with Crippen LogP contribution in [0.4, 0.5) is 32.4 Å². The smallest absolute Gasteiger partial charge is 0.419 e. The molecule has 3 fully saturated rings. The summed E-state index contributed by atoms with van der Waals surface area (Å²) in [6.07, 6.45) is -0.189. The molecule has 0 radical (unpaired) electrons. The molecule has 302 valence electrons. The maximum atomic E-state index is 14.6. The maximum absolute atomic E-state index is 14.6. The number of sulfonamides is 1. The monoisotopic (exact) mass is 807 g/mol. The van der Waals surface area contributed by atoms with E-state index < -0.39 is 91.6 Å². The molecule has 0 unspecified atom stereocenters. The number of alkyl halides is 3. The van der Waals surface area contributed by atoms with Gasteiger partial charge in [-0.3, -0.25) is 24.0 Å². The van der Waals surface area contributed by atoms with Crippen molar-refractivity contribution >= 4 is 39.5 Å². The van der Waals surface area contributed by atoms with Crippen LogP contribution >= 0.6 is 0 Å². The first-order valence-corrected chi connectivity index (χ1v) is 20.1. The van der Waals surface area contributed by atoms with Gasteiger partial charge in [-0.15, -0.1) is 0 Å². The van der Waals surface area contributed by atoms with Crippen molar-refractivity contribution in [1.29, 1.82) is 0 Å². The number of carbonyl (C=O) groups excluding carboxylic acids is 4. The third-order valence-corrected chi connectivity index (χ3v) is 13.7. The van der Waals surface area contributed by atoms with Crippen molar-refractivity contribution in [2.24, 2.45) is 5.92 Å². The lowest BCUT2D eigenvalue weighted by Gasteiger charge is -2.30. The van der Waals surface area contributed by atoms with E-state index in [0.29, 0.717) is 61.8 Å². The second-order valence-electron chi connectivity index (χ2n) is 15.6. The Morgan fingerprint density at radius 3 is 2.48 bits per heavy atom. The Kier molecular flexibility index (Phi) is 10.3. The van der Waals surface area contributed by atoms with Gasteiger partial charge in [-0.2, -0.15) is 13.2 Å². The Hall–Kier alpha value is -4.74. The summed E-state index contributed by atoms with van der Waals surface area (Å²) in [5, 5.41) is 5.58. The van der Waals surface area contributed by atoms with E-state index in [1.807, 2.05) is 6.08 Å². The Bertz CT molecular complexity index is 2080. The molecule has 0 spiro atoms. The van der Waals surface area contributed by atoms with E-state index in [-0.39, 0.29) is 44.6 Å². The number of hydrogen-bond donors (Lipinski definition) is 3. The number of benzene rings is 2. The van der Waals surface area contributed by atoms with E-state index in [4.69, 9.17) is 4.74 Å². The molecule has 12 nitrogen and oxygen atoms in total. The zero-order valence-corrected chi connectivity index (χ0v) is 31.3. The topological polar surface area (TPSA) is 154 Å². The van der Waals surface area contributed by atoms with Crippen LogP contribution in [0.1, 0.15) is 81.4 Å². The molecule has 5 atom stereocenters. The molecular formula is C38H42F5N5O7S. The maximum Gasteiger partial charge on any atom is 0.419 e. The van der Waals surface area contributed by atoms with E-state index in [2.05, 4.69) is 15.4 Å². The largest absolute Gasteiger partial charge is 0.444 e. The third-order valence-electron chi connectivity index (χ3n) is 11.5. The summed E-state index contributed by atoms with van der Waals surface area (Å²) in [6.45, 7) is 1.22. The molecule has 56 heavy (non-hydrogen) atoms. The molecule has 3 heterocycles. The van der Waals surface area contributed by atoms with Crippen LogP contribution in [-0.2, 0) is 48.4 Å².